The van der Waals surface area contributed by atoms with Crippen LogP contribution < -0.4 is 4.74 Å². The standard InChI is InChI=1S/C10H16N2OS/c1-12-6-9(5-11-12)13-7-10(8-14)3-2-4-10/h5-6,14H,2-4,7-8H2,1H3. The molecule has 14 heavy (non-hydrogen) atoms. The second-order valence-electron chi connectivity index (χ2n) is 4.15. The molecule has 0 aliphatic heterocycles. The molecule has 1 fully saturated rings. The van der Waals surface area contributed by atoms with Crippen molar-refractivity contribution in [2.45, 2.75) is 19.3 Å². The lowest BCUT2D eigenvalue weighted by Crippen LogP contribution is -2.37. The lowest BCUT2D eigenvalue weighted by Gasteiger charge is -2.40. The number of ether oxygens (including phenoxy) is 1. The van der Waals surface area contributed by atoms with Crippen LogP contribution in [0.5, 0.6) is 5.75 Å². The first-order valence-corrected chi connectivity index (χ1v) is 5.60. The predicted molar refractivity (Wildman–Crippen MR) is 58.8 cm³/mol. The molecule has 2 rings (SSSR count). The third-order valence-electron chi connectivity index (χ3n) is 2.98. The summed E-state index contributed by atoms with van der Waals surface area (Å²) in [6.07, 6.45) is 7.46. The Labute approximate surface area is 89.9 Å². The van der Waals surface area contributed by atoms with Gasteiger partial charge in [0.05, 0.1) is 19.0 Å². The average Bonchev–Trinajstić information content (AvgIpc) is 2.50. The van der Waals surface area contributed by atoms with Crippen LogP contribution in [0.15, 0.2) is 12.4 Å². The highest BCUT2D eigenvalue weighted by molar-refractivity contribution is 7.80. The van der Waals surface area contributed by atoms with Crippen molar-refractivity contribution in [2.75, 3.05) is 12.4 Å². The smallest absolute Gasteiger partial charge is 0.157 e. The van der Waals surface area contributed by atoms with Gasteiger partial charge in [-0.05, 0) is 18.6 Å². The van der Waals surface area contributed by atoms with Crippen LogP contribution in [0, 0.1) is 5.41 Å². The third kappa shape index (κ3) is 1.90. The van der Waals surface area contributed by atoms with Crippen molar-refractivity contribution in [3.8, 4) is 5.75 Å². The highest BCUT2D eigenvalue weighted by Gasteiger charge is 2.36. The zero-order valence-corrected chi connectivity index (χ0v) is 9.33. The maximum Gasteiger partial charge on any atom is 0.157 e. The summed E-state index contributed by atoms with van der Waals surface area (Å²) in [7, 11) is 1.89. The van der Waals surface area contributed by atoms with E-state index < -0.39 is 0 Å². The fraction of sp³-hybridized carbons (Fsp3) is 0.700. The Hall–Kier alpha value is -0.640. The van der Waals surface area contributed by atoms with Gasteiger partial charge in [-0.25, -0.2) is 0 Å². The molecular weight excluding hydrogens is 196 g/mol. The Morgan fingerprint density at radius 2 is 2.43 bits per heavy atom. The number of rotatable bonds is 4. The lowest BCUT2D eigenvalue weighted by atomic mass is 9.71. The van der Waals surface area contributed by atoms with E-state index in [4.69, 9.17) is 4.74 Å². The van der Waals surface area contributed by atoms with Crippen molar-refractivity contribution in [2.24, 2.45) is 12.5 Å². The predicted octanol–water partition coefficient (Wildman–Crippen LogP) is 1.90. The molecule has 1 aliphatic carbocycles. The molecule has 0 bridgehead atoms. The normalized spacial score (nSPS) is 19.0. The first-order valence-electron chi connectivity index (χ1n) is 4.96. The number of thiol groups is 1. The van der Waals surface area contributed by atoms with Crippen molar-refractivity contribution in [1.82, 2.24) is 9.78 Å². The van der Waals surface area contributed by atoms with Crippen molar-refractivity contribution in [3.63, 3.8) is 0 Å². The maximum absolute atomic E-state index is 5.69. The van der Waals surface area contributed by atoms with Gasteiger partial charge in [-0.15, -0.1) is 0 Å². The van der Waals surface area contributed by atoms with Crippen LogP contribution in [0.1, 0.15) is 19.3 Å². The summed E-state index contributed by atoms with van der Waals surface area (Å²) < 4.78 is 7.45. The van der Waals surface area contributed by atoms with E-state index in [9.17, 15) is 0 Å². The summed E-state index contributed by atoms with van der Waals surface area (Å²) in [4.78, 5) is 0. The van der Waals surface area contributed by atoms with Gasteiger partial charge in [-0.2, -0.15) is 17.7 Å². The highest BCUT2D eigenvalue weighted by Crippen LogP contribution is 2.41. The van der Waals surface area contributed by atoms with Crippen molar-refractivity contribution in [3.05, 3.63) is 12.4 Å². The molecular formula is C10H16N2OS. The van der Waals surface area contributed by atoms with Crippen molar-refractivity contribution in [1.29, 1.82) is 0 Å². The van der Waals surface area contributed by atoms with E-state index in [1.807, 2.05) is 13.2 Å². The molecule has 1 aliphatic rings. The largest absolute Gasteiger partial charge is 0.490 e. The van der Waals surface area contributed by atoms with Crippen molar-refractivity contribution < 1.29 is 4.74 Å². The zero-order chi connectivity index (χ0) is 10.0. The molecule has 0 spiro atoms. The van der Waals surface area contributed by atoms with E-state index >= 15 is 0 Å². The molecule has 3 nitrogen and oxygen atoms in total. The molecule has 4 heteroatoms. The summed E-state index contributed by atoms with van der Waals surface area (Å²) >= 11 is 4.38. The monoisotopic (exact) mass is 212 g/mol. The number of aryl methyl sites for hydroxylation is 1. The molecule has 0 saturated heterocycles. The van der Waals surface area contributed by atoms with Gasteiger partial charge in [0, 0.05) is 12.5 Å². The van der Waals surface area contributed by atoms with Gasteiger partial charge >= 0.3 is 0 Å². The fourth-order valence-electron chi connectivity index (χ4n) is 1.73. The SMILES string of the molecule is Cn1cc(OCC2(CS)CCC2)cn1. The maximum atomic E-state index is 5.69. The van der Waals surface area contributed by atoms with Crippen LogP contribution in [0.2, 0.25) is 0 Å². The summed E-state index contributed by atoms with van der Waals surface area (Å²) in [5.41, 5.74) is 0.332. The molecule has 78 valence electrons. The molecule has 1 aromatic rings. The van der Waals surface area contributed by atoms with E-state index in [0.29, 0.717) is 5.41 Å². The van der Waals surface area contributed by atoms with Gasteiger partial charge in [0.2, 0.25) is 0 Å². The van der Waals surface area contributed by atoms with Gasteiger partial charge in [0.1, 0.15) is 0 Å². The minimum atomic E-state index is 0.332. The molecule has 0 N–H and O–H groups in total. The van der Waals surface area contributed by atoms with Gasteiger partial charge in [0.25, 0.3) is 0 Å². The van der Waals surface area contributed by atoms with E-state index in [-0.39, 0.29) is 0 Å². The third-order valence-corrected chi connectivity index (χ3v) is 3.65. The Kier molecular flexibility index (Phi) is 2.72. The van der Waals surface area contributed by atoms with Crippen LogP contribution in [0.4, 0.5) is 0 Å². The Bertz CT molecular complexity index is 301. The molecule has 0 amide bonds. The fourth-order valence-corrected chi connectivity index (χ4v) is 2.14. The molecule has 0 radical (unpaired) electrons. The molecule has 0 aromatic carbocycles. The number of nitrogens with zero attached hydrogens (tertiary/aromatic N) is 2. The summed E-state index contributed by atoms with van der Waals surface area (Å²) in [6, 6.07) is 0. The van der Waals surface area contributed by atoms with Crippen LogP contribution in [0.3, 0.4) is 0 Å². The molecule has 1 saturated carbocycles. The molecule has 1 aromatic heterocycles. The average molecular weight is 212 g/mol. The molecule has 0 atom stereocenters. The van der Waals surface area contributed by atoms with Crippen LogP contribution in [0.25, 0.3) is 0 Å². The topological polar surface area (TPSA) is 27.1 Å². The zero-order valence-electron chi connectivity index (χ0n) is 8.44. The van der Waals surface area contributed by atoms with E-state index in [0.717, 1.165) is 18.1 Å². The van der Waals surface area contributed by atoms with Crippen molar-refractivity contribution >= 4 is 12.6 Å². The number of hydrogen-bond donors (Lipinski definition) is 1. The van der Waals surface area contributed by atoms with E-state index in [1.54, 1.807) is 10.9 Å². The molecule has 0 unspecified atom stereocenters. The highest BCUT2D eigenvalue weighted by atomic mass is 32.1. The number of aromatic nitrogens is 2. The first kappa shape index (κ1) is 9.90. The first-order chi connectivity index (χ1) is 6.74. The number of hydrogen-bond acceptors (Lipinski definition) is 3. The second-order valence-corrected chi connectivity index (χ2v) is 4.47. The Morgan fingerprint density at radius 1 is 1.64 bits per heavy atom. The van der Waals surface area contributed by atoms with Crippen LogP contribution in [-0.2, 0) is 7.05 Å². The van der Waals surface area contributed by atoms with Gasteiger partial charge in [-0.3, -0.25) is 4.68 Å². The summed E-state index contributed by atoms with van der Waals surface area (Å²) in [5, 5.41) is 4.06. The van der Waals surface area contributed by atoms with E-state index in [1.165, 1.54) is 19.3 Å². The van der Waals surface area contributed by atoms with Crippen LogP contribution >= 0.6 is 12.6 Å². The van der Waals surface area contributed by atoms with Gasteiger partial charge in [-0.1, -0.05) is 6.42 Å². The Morgan fingerprint density at radius 3 is 2.86 bits per heavy atom. The molecule has 1 heterocycles. The second kappa shape index (κ2) is 3.85. The van der Waals surface area contributed by atoms with E-state index in [2.05, 4.69) is 17.7 Å². The minimum Gasteiger partial charge on any atom is -0.490 e. The van der Waals surface area contributed by atoms with Crippen LogP contribution in [-0.4, -0.2) is 22.1 Å². The van der Waals surface area contributed by atoms with Gasteiger partial charge < -0.3 is 4.74 Å². The minimum absolute atomic E-state index is 0.332. The summed E-state index contributed by atoms with van der Waals surface area (Å²) in [5.74, 6) is 1.79. The quantitative estimate of drug-likeness (QED) is 0.772. The van der Waals surface area contributed by atoms with Gasteiger partial charge in [0.15, 0.2) is 5.75 Å². The lowest BCUT2D eigenvalue weighted by molar-refractivity contribution is 0.0829. The Balaban J connectivity index is 1.87. The summed E-state index contributed by atoms with van der Waals surface area (Å²) in [6.45, 7) is 0.780.